The first-order chi connectivity index (χ1) is 14.7. The summed E-state index contributed by atoms with van der Waals surface area (Å²) in [5, 5.41) is 13.2. The summed E-state index contributed by atoms with van der Waals surface area (Å²) in [6.45, 7) is -0.272. The molecule has 1 aliphatic carbocycles. The Morgan fingerprint density at radius 1 is 1.23 bits per heavy atom. The quantitative estimate of drug-likeness (QED) is 0.579. The van der Waals surface area contributed by atoms with E-state index in [0.29, 0.717) is 36.0 Å². The molecule has 0 aliphatic heterocycles. The van der Waals surface area contributed by atoms with Gasteiger partial charge in [0.15, 0.2) is 0 Å². The standard InChI is InChI=1S/C21H19ClFN3O4S/c22-17-10-14(13-4-7-15(23)8-5-13)6-9-20(17)31(29,30)25-18-2-1-3-19-16(18)11-24-26(19)12-21(27)28/h4-11,18,25H,1-3,12H2,(H,27,28). The van der Waals surface area contributed by atoms with E-state index in [9.17, 15) is 17.6 Å². The Morgan fingerprint density at radius 3 is 2.61 bits per heavy atom. The minimum Gasteiger partial charge on any atom is -0.480 e. The average molecular weight is 464 g/mol. The van der Waals surface area contributed by atoms with Gasteiger partial charge in [0.2, 0.25) is 10.0 Å². The first kappa shape index (κ1) is 21.5. The highest BCUT2D eigenvalue weighted by Gasteiger charge is 2.30. The van der Waals surface area contributed by atoms with Gasteiger partial charge in [-0.15, -0.1) is 0 Å². The third-order valence-corrected chi connectivity index (χ3v) is 7.20. The molecule has 1 heterocycles. The highest BCUT2D eigenvalue weighted by Crippen LogP contribution is 2.33. The summed E-state index contributed by atoms with van der Waals surface area (Å²) < 4.78 is 43.3. The zero-order valence-electron chi connectivity index (χ0n) is 16.3. The Morgan fingerprint density at radius 2 is 1.94 bits per heavy atom. The van der Waals surface area contributed by atoms with Gasteiger partial charge < -0.3 is 5.11 Å². The number of hydrogen-bond acceptors (Lipinski definition) is 4. The van der Waals surface area contributed by atoms with Gasteiger partial charge in [0.1, 0.15) is 17.3 Å². The fourth-order valence-electron chi connectivity index (χ4n) is 3.80. The maximum absolute atomic E-state index is 13.1. The number of halogens is 2. The van der Waals surface area contributed by atoms with Crippen LogP contribution in [0, 0.1) is 5.82 Å². The lowest BCUT2D eigenvalue weighted by molar-refractivity contribution is -0.137. The van der Waals surface area contributed by atoms with Crippen molar-refractivity contribution in [2.45, 2.75) is 36.7 Å². The number of aliphatic carboxylic acids is 1. The maximum atomic E-state index is 13.1. The molecule has 0 amide bonds. The molecule has 0 saturated carbocycles. The van der Waals surface area contributed by atoms with Gasteiger partial charge in [0.05, 0.1) is 17.3 Å². The molecule has 0 fully saturated rings. The van der Waals surface area contributed by atoms with E-state index in [2.05, 4.69) is 9.82 Å². The monoisotopic (exact) mass is 463 g/mol. The maximum Gasteiger partial charge on any atom is 0.325 e. The molecule has 2 aromatic carbocycles. The smallest absolute Gasteiger partial charge is 0.325 e. The Labute approximate surface area is 183 Å². The van der Waals surface area contributed by atoms with E-state index in [1.807, 2.05) is 0 Å². The summed E-state index contributed by atoms with van der Waals surface area (Å²) in [7, 11) is -3.95. The highest BCUT2D eigenvalue weighted by molar-refractivity contribution is 7.89. The number of benzene rings is 2. The molecule has 1 aliphatic rings. The zero-order valence-corrected chi connectivity index (χ0v) is 17.8. The predicted molar refractivity (Wildman–Crippen MR) is 113 cm³/mol. The molecule has 10 heteroatoms. The summed E-state index contributed by atoms with van der Waals surface area (Å²) in [4.78, 5) is 11.0. The Kier molecular flexibility index (Phi) is 5.83. The van der Waals surface area contributed by atoms with Crippen LogP contribution in [0.1, 0.15) is 30.1 Å². The second-order valence-corrected chi connectivity index (χ2v) is 9.41. The third kappa shape index (κ3) is 4.48. The van der Waals surface area contributed by atoms with Crippen LogP contribution in [-0.4, -0.2) is 29.3 Å². The average Bonchev–Trinajstić information content (AvgIpc) is 3.11. The van der Waals surface area contributed by atoms with E-state index in [1.165, 1.54) is 35.1 Å². The van der Waals surface area contributed by atoms with Gasteiger partial charge in [-0.05, 0) is 54.7 Å². The van der Waals surface area contributed by atoms with E-state index >= 15 is 0 Å². The number of hydrogen-bond donors (Lipinski definition) is 2. The second kappa shape index (κ2) is 8.41. The van der Waals surface area contributed by atoms with Crippen molar-refractivity contribution < 1.29 is 22.7 Å². The van der Waals surface area contributed by atoms with Crippen LogP contribution in [0.25, 0.3) is 11.1 Å². The van der Waals surface area contributed by atoms with Crippen LogP contribution in [0.5, 0.6) is 0 Å². The summed E-state index contributed by atoms with van der Waals surface area (Å²) >= 11 is 6.30. The van der Waals surface area contributed by atoms with Crippen LogP contribution >= 0.6 is 11.6 Å². The summed E-state index contributed by atoms with van der Waals surface area (Å²) in [5.74, 6) is -1.38. The summed E-state index contributed by atoms with van der Waals surface area (Å²) in [5.41, 5.74) is 2.77. The van der Waals surface area contributed by atoms with Gasteiger partial charge in [0.25, 0.3) is 0 Å². The third-order valence-electron chi connectivity index (χ3n) is 5.24. The number of nitrogens with zero attached hydrogens (tertiary/aromatic N) is 2. The predicted octanol–water partition coefficient (Wildman–Crippen LogP) is 3.78. The van der Waals surface area contributed by atoms with Gasteiger partial charge in [-0.2, -0.15) is 5.10 Å². The van der Waals surface area contributed by atoms with Crippen LogP contribution in [0.2, 0.25) is 5.02 Å². The van der Waals surface area contributed by atoms with Crippen LogP contribution in [0.4, 0.5) is 4.39 Å². The Bertz CT molecular complexity index is 1240. The van der Waals surface area contributed by atoms with E-state index in [0.717, 1.165) is 5.69 Å². The van der Waals surface area contributed by atoms with Crippen molar-refractivity contribution in [3.63, 3.8) is 0 Å². The molecule has 162 valence electrons. The molecular formula is C21H19ClFN3O4S. The lowest BCUT2D eigenvalue weighted by Gasteiger charge is -2.24. The molecule has 4 rings (SSSR count). The van der Waals surface area contributed by atoms with Crippen molar-refractivity contribution in [3.8, 4) is 11.1 Å². The van der Waals surface area contributed by atoms with Crippen molar-refractivity contribution in [2.75, 3.05) is 0 Å². The van der Waals surface area contributed by atoms with E-state index in [1.54, 1.807) is 18.2 Å². The zero-order chi connectivity index (χ0) is 22.2. The molecule has 2 N–H and O–H groups in total. The number of aromatic nitrogens is 2. The van der Waals surface area contributed by atoms with Gasteiger partial charge in [-0.25, -0.2) is 17.5 Å². The van der Waals surface area contributed by atoms with Crippen molar-refractivity contribution in [3.05, 3.63) is 70.8 Å². The van der Waals surface area contributed by atoms with Gasteiger partial charge in [-0.3, -0.25) is 9.48 Å². The molecule has 0 saturated heterocycles. The lowest BCUT2D eigenvalue weighted by atomic mass is 9.94. The van der Waals surface area contributed by atoms with Crippen LogP contribution in [-0.2, 0) is 27.8 Å². The molecule has 1 aromatic heterocycles. The van der Waals surface area contributed by atoms with Crippen LogP contribution < -0.4 is 4.72 Å². The molecule has 1 atom stereocenters. The number of sulfonamides is 1. The van der Waals surface area contributed by atoms with Crippen molar-refractivity contribution >= 4 is 27.6 Å². The molecule has 0 spiro atoms. The van der Waals surface area contributed by atoms with E-state index in [-0.39, 0.29) is 22.3 Å². The summed E-state index contributed by atoms with van der Waals surface area (Å²) in [6, 6.07) is 9.86. The fraction of sp³-hybridized carbons (Fsp3) is 0.238. The minimum absolute atomic E-state index is 0.0481. The largest absolute Gasteiger partial charge is 0.480 e. The van der Waals surface area contributed by atoms with Crippen LogP contribution in [0.15, 0.2) is 53.6 Å². The normalized spacial score (nSPS) is 16.1. The molecule has 0 bridgehead atoms. The van der Waals surface area contributed by atoms with E-state index < -0.39 is 22.0 Å². The highest BCUT2D eigenvalue weighted by atomic mass is 35.5. The van der Waals surface area contributed by atoms with Crippen molar-refractivity contribution in [1.29, 1.82) is 0 Å². The number of carboxylic acid groups (broad SMARTS) is 1. The number of carboxylic acids is 1. The fourth-order valence-corrected chi connectivity index (χ4v) is 5.59. The molecule has 7 nitrogen and oxygen atoms in total. The number of rotatable bonds is 6. The topological polar surface area (TPSA) is 101 Å². The van der Waals surface area contributed by atoms with Crippen LogP contribution in [0.3, 0.4) is 0 Å². The molecule has 0 radical (unpaired) electrons. The Balaban J connectivity index is 1.59. The van der Waals surface area contributed by atoms with Gasteiger partial charge in [0, 0.05) is 11.3 Å². The second-order valence-electron chi connectivity index (χ2n) is 7.32. The van der Waals surface area contributed by atoms with Crippen molar-refractivity contribution in [2.24, 2.45) is 0 Å². The van der Waals surface area contributed by atoms with Crippen molar-refractivity contribution in [1.82, 2.24) is 14.5 Å². The molecular weight excluding hydrogens is 445 g/mol. The first-order valence-electron chi connectivity index (χ1n) is 9.59. The molecule has 1 unspecified atom stereocenters. The minimum atomic E-state index is -3.95. The number of fused-ring (bicyclic) bond motifs is 1. The number of nitrogens with one attached hydrogen (secondary N) is 1. The van der Waals surface area contributed by atoms with Gasteiger partial charge in [-0.1, -0.05) is 29.8 Å². The SMILES string of the molecule is O=C(O)Cn1ncc2c1CCCC2NS(=O)(=O)c1ccc(-c2ccc(F)cc2)cc1Cl. The summed E-state index contributed by atoms with van der Waals surface area (Å²) in [6.07, 6.45) is 3.41. The number of carbonyl (C=O) groups is 1. The first-order valence-corrected chi connectivity index (χ1v) is 11.4. The van der Waals surface area contributed by atoms with E-state index in [4.69, 9.17) is 16.7 Å². The molecule has 3 aromatic rings. The lowest BCUT2D eigenvalue weighted by Crippen LogP contribution is -2.31. The van der Waals surface area contributed by atoms with Gasteiger partial charge >= 0.3 is 5.97 Å². The molecule has 31 heavy (non-hydrogen) atoms. The Hall–Kier alpha value is -2.75.